The summed E-state index contributed by atoms with van der Waals surface area (Å²) in [5.41, 5.74) is 7.39. The average Bonchev–Trinajstić information content (AvgIpc) is 2.36. The first-order chi connectivity index (χ1) is 8.19. The first-order valence-corrected chi connectivity index (χ1v) is 5.59. The van der Waals surface area contributed by atoms with Crippen LogP contribution < -0.4 is 11.1 Å². The van der Waals surface area contributed by atoms with Crippen LogP contribution in [0.3, 0.4) is 0 Å². The Labute approximate surface area is 102 Å². The van der Waals surface area contributed by atoms with Gasteiger partial charge in [-0.25, -0.2) is 0 Å². The maximum atomic E-state index is 8.70. The molecule has 1 unspecified atom stereocenters. The lowest BCUT2D eigenvalue weighted by atomic mass is 10.1. The van der Waals surface area contributed by atoms with Crippen molar-refractivity contribution in [3.8, 4) is 0 Å². The number of amidine groups is 1. The molecule has 4 heteroatoms. The van der Waals surface area contributed by atoms with Crippen LogP contribution in [0.1, 0.15) is 24.5 Å². The smallest absolute Gasteiger partial charge is 0.170 e. The number of oxime groups is 1. The van der Waals surface area contributed by atoms with E-state index in [1.165, 1.54) is 0 Å². The molecule has 0 aliphatic carbocycles. The summed E-state index contributed by atoms with van der Waals surface area (Å²) in [5.74, 6) is 0.138. The average molecular weight is 233 g/mol. The van der Waals surface area contributed by atoms with E-state index in [0.29, 0.717) is 12.6 Å². The molecule has 1 atom stereocenters. The first-order valence-electron chi connectivity index (χ1n) is 5.59. The van der Waals surface area contributed by atoms with Gasteiger partial charge in [0, 0.05) is 18.2 Å². The molecule has 0 aromatic heterocycles. The summed E-state index contributed by atoms with van der Waals surface area (Å²) in [6.07, 6.45) is 2.79. The summed E-state index contributed by atoms with van der Waals surface area (Å²) in [4.78, 5) is 0. The molecular weight excluding hydrogens is 214 g/mol. The number of nitrogens with one attached hydrogen (secondary N) is 1. The maximum absolute atomic E-state index is 8.70. The minimum absolute atomic E-state index is 0.138. The van der Waals surface area contributed by atoms with E-state index in [1.807, 2.05) is 30.3 Å². The molecule has 0 bridgehead atoms. The normalized spacial score (nSPS) is 13.4. The van der Waals surface area contributed by atoms with Crippen molar-refractivity contribution in [2.45, 2.75) is 25.9 Å². The molecule has 0 heterocycles. The molecule has 0 fully saturated rings. The molecule has 0 spiro atoms. The first kappa shape index (κ1) is 13.3. The van der Waals surface area contributed by atoms with Gasteiger partial charge < -0.3 is 16.3 Å². The number of benzene rings is 1. The predicted molar refractivity (Wildman–Crippen MR) is 70.1 cm³/mol. The van der Waals surface area contributed by atoms with E-state index in [0.717, 1.165) is 17.5 Å². The number of nitrogens with zero attached hydrogens (tertiary/aromatic N) is 1. The molecule has 0 aliphatic heterocycles. The van der Waals surface area contributed by atoms with Crippen LogP contribution >= 0.6 is 0 Å². The van der Waals surface area contributed by atoms with Crippen molar-refractivity contribution >= 4 is 5.84 Å². The minimum Gasteiger partial charge on any atom is -0.409 e. The van der Waals surface area contributed by atoms with Crippen LogP contribution in [0.15, 0.2) is 42.1 Å². The predicted octanol–water partition coefficient (Wildman–Crippen LogP) is 1.84. The fourth-order valence-electron chi connectivity index (χ4n) is 1.60. The van der Waals surface area contributed by atoms with Gasteiger partial charge in [-0.1, -0.05) is 35.5 Å². The molecule has 0 radical (unpaired) electrons. The largest absolute Gasteiger partial charge is 0.409 e. The Kier molecular flexibility index (Phi) is 5.23. The molecule has 0 amide bonds. The molecular formula is C13H19N3O. The summed E-state index contributed by atoms with van der Waals surface area (Å²) in [7, 11) is 0. The molecule has 4 nitrogen and oxygen atoms in total. The highest BCUT2D eigenvalue weighted by atomic mass is 16.4. The van der Waals surface area contributed by atoms with Crippen molar-refractivity contribution in [1.82, 2.24) is 5.32 Å². The molecule has 4 N–H and O–H groups in total. The van der Waals surface area contributed by atoms with E-state index in [2.05, 4.69) is 24.0 Å². The fourth-order valence-corrected chi connectivity index (χ4v) is 1.60. The molecule has 92 valence electrons. The SMILES string of the molecule is C=CCC(C)NCc1ccccc1/C(N)=N/O. The van der Waals surface area contributed by atoms with Crippen LogP contribution in [0, 0.1) is 0 Å². The molecule has 0 saturated carbocycles. The number of hydrogen-bond donors (Lipinski definition) is 3. The topological polar surface area (TPSA) is 70.6 Å². The monoisotopic (exact) mass is 233 g/mol. The number of nitrogens with two attached hydrogens (primary N) is 1. The Morgan fingerprint density at radius 3 is 2.94 bits per heavy atom. The lowest BCUT2D eigenvalue weighted by Crippen LogP contribution is -2.26. The zero-order valence-corrected chi connectivity index (χ0v) is 10.1. The van der Waals surface area contributed by atoms with Gasteiger partial charge in [0.2, 0.25) is 0 Å². The molecule has 17 heavy (non-hydrogen) atoms. The second-order valence-corrected chi connectivity index (χ2v) is 3.95. The second-order valence-electron chi connectivity index (χ2n) is 3.95. The second kappa shape index (κ2) is 6.70. The van der Waals surface area contributed by atoms with Crippen molar-refractivity contribution in [3.05, 3.63) is 48.0 Å². The molecule has 1 rings (SSSR count). The van der Waals surface area contributed by atoms with Gasteiger partial charge in [0.15, 0.2) is 5.84 Å². The van der Waals surface area contributed by atoms with Gasteiger partial charge in [0.05, 0.1) is 0 Å². The third-order valence-electron chi connectivity index (χ3n) is 2.56. The highest BCUT2D eigenvalue weighted by molar-refractivity contribution is 5.98. The fraction of sp³-hybridized carbons (Fsp3) is 0.308. The Hall–Kier alpha value is -1.81. The van der Waals surface area contributed by atoms with Gasteiger partial charge >= 0.3 is 0 Å². The van der Waals surface area contributed by atoms with Crippen molar-refractivity contribution in [2.75, 3.05) is 0 Å². The van der Waals surface area contributed by atoms with Crippen molar-refractivity contribution in [3.63, 3.8) is 0 Å². The zero-order valence-electron chi connectivity index (χ0n) is 10.1. The maximum Gasteiger partial charge on any atom is 0.170 e. The zero-order chi connectivity index (χ0) is 12.7. The van der Waals surface area contributed by atoms with Crippen molar-refractivity contribution in [2.24, 2.45) is 10.9 Å². The van der Waals surface area contributed by atoms with E-state index in [-0.39, 0.29) is 5.84 Å². The van der Waals surface area contributed by atoms with E-state index in [1.54, 1.807) is 0 Å². The number of hydrogen-bond acceptors (Lipinski definition) is 3. The van der Waals surface area contributed by atoms with E-state index in [9.17, 15) is 0 Å². The van der Waals surface area contributed by atoms with Crippen LogP contribution in [0.4, 0.5) is 0 Å². The van der Waals surface area contributed by atoms with Crippen LogP contribution in [0.2, 0.25) is 0 Å². The molecule has 0 aliphatic rings. The lowest BCUT2D eigenvalue weighted by molar-refractivity contribution is 0.318. The highest BCUT2D eigenvalue weighted by Gasteiger charge is 2.07. The summed E-state index contributed by atoms with van der Waals surface area (Å²) >= 11 is 0. The molecule has 0 saturated heterocycles. The Balaban J connectivity index is 2.74. The summed E-state index contributed by atoms with van der Waals surface area (Å²) in [5, 5.41) is 15.1. The lowest BCUT2D eigenvalue weighted by Gasteiger charge is -2.13. The third kappa shape index (κ3) is 3.92. The Morgan fingerprint density at radius 1 is 1.59 bits per heavy atom. The minimum atomic E-state index is 0.138. The molecule has 1 aromatic rings. The van der Waals surface area contributed by atoms with E-state index in [4.69, 9.17) is 10.9 Å². The quantitative estimate of drug-likeness (QED) is 0.231. The van der Waals surface area contributed by atoms with E-state index < -0.39 is 0 Å². The van der Waals surface area contributed by atoms with Gasteiger partial charge in [-0.05, 0) is 18.9 Å². The van der Waals surface area contributed by atoms with E-state index >= 15 is 0 Å². The molecule has 1 aromatic carbocycles. The summed E-state index contributed by atoms with van der Waals surface area (Å²) in [6, 6.07) is 7.95. The van der Waals surface area contributed by atoms with Gasteiger partial charge in [0.25, 0.3) is 0 Å². The highest BCUT2D eigenvalue weighted by Crippen LogP contribution is 2.08. The van der Waals surface area contributed by atoms with Crippen LogP contribution in [-0.2, 0) is 6.54 Å². The summed E-state index contributed by atoms with van der Waals surface area (Å²) in [6.45, 7) is 6.48. The van der Waals surface area contributed by atoms with Crippen LogP contribution in [0.5, 0.6) is 0 Å². The Morgan fingerprint density at radius 2 is 2.29 bits per heavy atom. The van der Waals surface area contributed by atoms with Gasteiger partial charge in [-0.3, -0.25) is 0 Å². The van der Waals surface area contributed by atoms with Gasteiger partial charge in [-0.15, -0.1) is 6.58 Å². The van der Waals surface area contributed by atoms with Crippen LogP contribution in [0.25, 0.3) is 0 Å². The van der Waals surface area contributed by atoms with Gasteiger partial charge in [-0.2, -0.15) is 0 Å². The van der Waals surface area contributed by atoms with Crippen molar-refractivity contribution < 1.29 is 5.21 Å². The summed E-state index contributed by atoms with van der Waals surface area (Å²) < 4.78 is 0. The Bertz CT molecular complexity index is 401. The van der Waals surface area contributed by atoms with Crippen LogP contribution in [-0.4, -0.2) is 17.1 Å². The standard InChI is InChI=1S/C13H19N3O/c1-3-6-10(2)15-9-11-7-4-5-8-12(11)13(14)16-17/h3-5,7-8,10,15,17H,1,6,9H2,2H3,(H2,14,16). The van der Waals surface area contributed by atoms with Crippen molar-refractivity contribution in [1.29, 1.82) is 0 Å². The third-order valence-corrected chi connectivity index (χ3v) is 2.56. The number of rotatable bonds is 6. The van der Waals surface area contributed by atoms with Gasteiger partial charge in [0.1, 0.15) is 0 Å².